The number of benzene rings is 1. The number of alkyl halides is 3. The van der Waals surface area contributed by atoms with Crippen molar-refractivity contribution in [3.8, 4) is 0 Å². The first-order chi connectivity index (χ1) is 8.98. The summed E-state index contributed by atoms with van der Waals surface area (Å²) >= 11 is 0. The van der Waals surface area contributed by atoms with E-state index in [4.69, 9.17) is 0 Å². The molecule has 1 aromatic rings. The van der Waals surface area contributed by atoms with Gasteiger partial charge in [-0.3, -0.25) is 4.79 Å². The number of nitrogens with zero attached hydrogens (tertiary/aromatic N) is 1. The van der Waals surface area contributed by atoms with E-state index in [1.807, 2.05) is 4.90 Å². The maximum Gasteiger partial charge on any atom is 0.417 e. The van der Waals surface area contributed by atoms with Crippen LogP contribution in [0.4, 0.5) is 18.9 Å². The molecule has 0 aromatic heterocycles. The van der Waals surface area contributed by atoms with Crippen molar-refractivity contribution in [2.75, 3.05) is 24.5 Å². The fourth-order valence-electron chi connectivity index (χ4n) is 2.60. The van der Waals surface area contributed by atoms with Gasteiger partial charge in [-0.1, -0.05) is 6.07 Å². The fraction of sp³-hybridized carbons (Fsp3) is 0.417. The quantitative estimate of drug-likeness (QED) is 0.745. The van der Waals surface area contributed by atoms with Gasteiger partial charge in [0.15, 0.2) is 0 Å². The average Bonchev–Trinajstić information content (AvgIpc) is 2.37. The van der Waals surface area contributed by atoms with Gasteiger partial charge in [-0.05, 0) is 12.1 Å². The smallest absolute Gasteiger partial charge is 0.348 e. The summed E-state index contributed by atoms with van der Waals surface area (Å²) in [6, 6.07) is 3.86. The number of carbonyl (C=O) groups excluding carboxylic acids is 1. The van der Waals surface area contributed by atoms with Gasteiger partial charge in [0.2, 0.25) is 0 Å². The minimum atomic E-state index is -4.52. The predicted molar refractivity (Wildman–Crippen MR) is 62.9 cm³/mol. The van der Waals surface area contributed by atoms with Gasteiger partial charge >= 0.3 is 6.18 Å². The summed E-state index contributed by atoms with van der Waals surface area (Å²) in [7, 11) is 0. The van der Waals surface area contributed by atoms with E-state index in [1.54, 1.807) is 6.07 Å². The first kappa shape index (κ1) is 12.3. The van der Waals surface area contributed by atoms with Crippen molar-refractivity contribution in [3.05, 3.63) is 29.3 Å². The third kappa shape index (κ3) is 1.94. The molecule has 1 fully saturated rings. The number of halogens is 3. The van der Waals surface area contributed by atoms with E-state index in [0.717, 1.165) is 6.07 Å². The number of piperazine rings is 1. The van der Waals surface area contributed by atoms with E-state index in [0.29, 0.717) is 25.3 Å². The molecule has 0 spiro atoms. The van der Waals surface area contributed by atoms with Crippen LogP contribution < -0.4 is 15.5 Å². The van der Waals surface area contributed by atoms with Gasteiger partial charge in [0.1, 0.15) is 6.17 Å². The van der Waals surface area contributed by atoms with E-state index >= 15 is 0 Å². The third-order valence-electron chi connectivity index (χ3n) is 3.43. The summed E-state index contributed by atoms with van der Waals surface area (Å²) in [4.78, 5) is 13.8. The first-order valence-electron chi connectivity index (χ1n) is 5.97. The molecule has 3 rings (SSSR count). The highest BCUT2D eigenvalue weighted by Gasteiger charge is 2.41. The van der Waals surface area contributed by atoms with Crippen LogP contribution >= 0.6 is 0 Å². The molecule has 1 aromatic carbocycles. The number of rotatable bonds is 0. The van der Waals surface area contributed by atoms with Crippen molar-refractivity contribution < 1.29 is 18.0 Å². The van der Waals surface area contributed by atoms with E-state index in [1.165, 1.54) is 6.07 Å². The second kappa shape index (κ2) is 4.12. The predicted octanol–water partition coefficient (Wildman–Crippen LogP) is 1.18. The highest BCUT2D eigenvalue weighted by molar-refractivity contribution is 6.03. The maximum absolute atomic E-state index is 13.0. The Labute approximate surface area is 107 Å². The molecule has 2 aliphatic heterocycles. The normalized spacial score (nSPS) is 22.6. The molecule has 0 bridgehead atoms. The topological polar surface area (TPSA) is 44.4 Å². The summed E-state index contributed by atoms with van der Waals surface area (Å²) in [6.07, 6.45) is -4.80. The zero-order chi connectivity index (χ0) is 13.6. The van der Waals surface area contributed by atoms with E-state index in [2.05, 4.69) is 10.6 Å². The van der Waals surface area contributed by atoms with E-state index in [-0.39, 0.29) is 11.7 Å². The minimum Gasteiger partial charge on any atom is -0.348 e. The van der Waals surface area contributed by atoms with Crippen molar-refractivity contribution in [3.63, 3.8) is 0 Å². The lowest BCUT2D eigenvalue weighted by molar-refractivity contribution is -0.137. The Kier molecular flexibility index (Phi) is 2.67. The lowest BCUT2D eigenvalue weighted by Crippen LogP contribution is -2.62. The van der Waals surface area contributed by atoms with E-state index in [9.17, 15) is 18.0 Å². The van der Waals surface area contributed by atoms with Gasteiger partial charge < -0.3 is 15.5 Å². The van der Waals surface area contributed by atoms with Gasteiger partial charge in [-0.2, -0.15) is 13.2 Å². The van der Waals surface area contributed by atoms with Gasteiger partial charge in [-0.15, -0.1) is 0 Å². The molecule has 0 radical (unpaired) electrons. The molecule has 7 heteroatoms. The summed E-state index contributed by atoms with van der Waals surface area (Å²) in [6.45, 7) is 1.78. The number of amides is 1. The van der Waals surface area contributed by atoms with Crippen LogP contribution in [-0.2, 0) is 6.18 Å². The standard InChI is InChI=1S/C12H12F3N3O/c13-12(14,15)7-2-1-3-8-10(7)11(19)17-9-6-16-4-5-18(8)9/h1-3,9,16H,4-6H2,(H,17,19)/t9-/m0/s1. The number of hydrogen-bond donors (Lipinski definition) is 2. The Balaban J connectivity index is 2.14. The summed E-state index contributed by atoms with van der Waals surface area (Å²) in [5, 5.41) is 5.71. The molecule has 0 unspecified atom stereocenters. The Hall–Kier alpha value is -1.76. The van der Waals surface area contributed by atoms with Crippen LogP contribution in [0.25, 0.3) is 0 Å². The highest BCUT2D eigenvalue weighted by Crippen LogP contribution is 2.38. The van der Waals surface area contributed by atoms with Gasteiger partial charge in [0.05, 0.1) is 16.8 Å². The van der Waals surface area contributed by atoms with Gasteiger partial charge in [-0.25, -0.2) is 0 Å². The molecule has 2 N–H and O–H groups in total. The van der Waals surface area contributed by atoms with Crippen molar-refractivity contribution in [2.45, 2.75) is 12.3 Å². The van der Waals surface area contributed by atoms with Crippen LogP contribution in [0.5, 0.6) is 0 Å². The van der Waals surface area contributed by atoms with Crippen molar-refractivity contribution >= 4 is 11.6 Å². The van der Waals surface area contributed by atoms with Crippen LogP contribution in [0.15, 0.2) is 18.2 Å². The van der Waals surface area contributed by atoms with Crippen LogP contribution in [0.3, 0.4) is 0 Å². The molecular formula is C12H12F3N3O. The summed E-state index contributed by atoms with van der Waals surface area (Å²) in [5.74, 6) is -0.659. The summed E-state index contributed by atoms with van der Waals surface area (Å²) in [5.41, 5.74) is -0.780. The second-order valence-corrected chi connectivity index (χ2v) is 4.58. The molecule has 4 nitrogen and oxygen atoms in total. The number of anilines is 1. The third-order valence-corrected chi connectivity index (χ3v) is 3.43. The molecule has 1 atom stereocenters. The maximum atomic E-state index is 13.0. The van der Waals surface area contributed by atoms with E-state index < -0.39 is 17.6 Å². The van der Waals surface area contributed by atoms with Crippen molar-refractivity contribution in [1.29, 1.82) is 0 Å². The number of hydrogen-bond acceptors (Lipinski definition) is 3. The Morgan fingerprint density at radius 2 is 2.11 bits per heavy atom. The Morgan fingerprint density at radius 3 is 2.84 bits per heavy atom. The lowest BCUT2D eigenvalue weighted by Gasteiger charge is -2.42. The fourth-order valence-corrected chi connectivity index (χ4v) is 2.60. The van der Waals surface area contributed by atoms with Crippen LogP contribution in [0, 0.1) is 0 Å². The molecule has 19 heavy (non-hydrogen) atoms. The molecule has 1 saturated heterocycles. The minimum absolute atomic E-state index is 0.270. The van der Waals surface area contributed by atoms with Crippen LogP contribution in [-0.4, -0.2) is 31.7 Å². The largest absolute Gasteiger partial charge is 0.417 e. The monoisotopic (exact) mass is 271 g/mol. The SMILES string of the molecule is O=C1N[C@@H]2CNCCN2c2cccc(C(F)(F)F)c21. The highest BCUT2D eigenvalue weighted by atomic mass is 19.4. The second-order valence-electron chi connectivity index (χ2n) is 4.58. The molecule has 1 amide bonds. The summed E-state index contributed by atoms with van der Waals surface area (Å²) < 4.78 is 38.9. The Bertz CT molecular complexity index is 529. The molecule has 2 heterocycles. The van der Waals surface area contributed by atoms with Crippen LogP contribution in [0.1, 0.15) is 15.9 Å². The Morgan fingerprint density at radius 1 is 1.32 bits per heavy atom. The van der Waals surface area contributed by atoms with Crippen LogP contribution in [0.2, 0.25) is 0 Å². The average molecular weight is 271 g/mol. The van der Waals surface area contributed by atoms with Gasteiger partial charge in [0, 0.05) is 19.6 Å². The molecule has 102 valence electrons. The number of carbonyl (C=O) groups is 1. The zero-order valence-electron chi connectivity index (χ0n) is 9.92. The molecular weight excluding hydrogens is 259 g/mol. The van der Waals surface area contributed by atoms with Crippen molar-refractivity contribution in [1.82, 2.24) is 10.6 Å². The first-order valence-corrected chi connectivity index (χ1v) is 5.97. The number of fused-ring (bicyclic) bond motifs is 3. The molecule has 0 aliphatic carbocycles. The van der Waals surface area contributed by atoms with Crippen molar-refractivity contribution in [2.24, 2.45) is 0 Å². The molecule has 0 saturated carbocycles. The zero-order valence-corrected chi connectivity index (χ0v) is 9.92. The number of nitrogens with one attached hydrogen (secondary N) is 2. The lowest BCUT2D eigenvalue weighted by atomic mass is 9.99. The van der Waals surface area contributed by atoms with Gasteiger partial charge in [0.25, 0.3) is 5.91 Å². The molecule has 2 aliphatic rings.